The van der Waals surface area contributed by atoms with Crippen LogP contribution in [0.25, 0.3) is 0 Å². The number of thiocarbonyl (C=S) groups is 1. The van der Waals surface area contributed by atoms with Crippen molar-refractivity contribution in [3.63, 3.8) is 0 Å². The van der Waals surface area contributed by atoms with Gasteiger partial charge in [0.1, 0.15) is 0 Å². The Labute approximate surface area is 187 Å². The molecule has 154 valence electrons. The Morgan fingerprint density at radius 3 is 2.45 bits per heavy atom. The van der Waals surface area contributed by atoms with E-state index in [0.717, 1.165) is 29.5 Å². The van der Waals surface area contributed by atoms with Gasteiger partial charge in [0.05, 0.1) is 17.8 Å². The van der Waals surface area contributed by atoms with Crippen molar-refractivity contribution in [2.75, 3.05) is 0 Å². The Hall–Kier alpha value is -3.51. The molecule has 1 fully saturated rings. The Kier molecular flexibility index (Phi) is 5.46. The van der Waals surface area contributed by atoms with Crippen LogP contribution in [0.5, 0.6) is 0 Å². The molecule has 31 heavy (non-hydrogen) atoms. The fourth-order valence-electron chi connectivity index (χ4n) is 4.21. The standard InChI is InChI=1S/C25H23N5S/c31-25-28-23(21-11-4-5-14-27-21)24(30(25)18-19-8-2-1-3-9-19)22-12-7-15-29(22)17-20-10-6-13-26-16-20/h1-16,23-24H,17-18H2,(H,28,31)/t23-,24+/m0/s1. The van der Waals surface area contributed by atoms with Gasteiger partial charge in [-0.15, -0.1) is 0 Å². The lowest BCUT2D eigenvalue weighted by atomic mass is 10.0. The van der Waals surface area contributed by atoms with E-state index in [1.165, 1.54) is 11.3 Å². The number of nitrogens with zero attached hydrogens (tertiary/aromatic N) is 4. The van der Waals surface area contributed by atoms with Crippen molar-refractivity contribution in [2.45, 2.75) is 25.2 Å². The van der Waals surface area contributed by atoms with Gasteiger partial charge in [-0.2, -0.15) is 0 Å². The molecule has 1 saturated heterocycles. The summed E-state index contributed by atoms with van der Waals surface area (Å²) in [5, 5.41) is 4.29. The Morgan fingerprint density at radius 1 is 0.839 bits per heavy atom. The lowest BCUT2D eigenvalue weighted by molar-refractivity contribution is 0.298. The van der Waals surface area contributed by atoms with E-state index in [0.29, 0.717) is 0 Å². The summed E-state index contributed by atoms with van der Waals surface area (Å²) in [6, 6.07) is 24.8. The summed E-state index contributed by atoms with van der Waals surface area (Å²) in [5.74, 6) is 0. The number of nitrogens with one attached hydrogen (secondary N) is 1. The molecule has 0 aliphatic carbocycles. The summed E-state index contributed by atoms with van der Waals surface area (Å²) in [4.78, 5) is 11.2. The van der Waals surface area contributed by atoms with Crippen LogP contribution in [0.4, 0.5) is 0 Å². The molecule has 6 heteroatoms. The van der Waals surface area contributed by atoms with E-state index in [-0.39, 0.29) is 12.1 Å². The molecule has 4 aromatic rings. The van der Waals surface area contributed by atoms with Crippen molar-refractivity contribution in [1.29, 1.82) is 0 Å². The minimum absolute atomic E-state index is 0.0225. The highest BCUT2D eigenvalue weighted by atomic mass is 32.1. The molecule has 1 aliphatic heterocycles. The molecule has 5 rings (SSSR count). The predicted molar refractivity (Wildman–Crippen MR) is 125 cm³/mol. The summed E-state index contributed by atoms with van der Waals surface area (Å²) < 4.78 is 2.28. The minimum Gasteiger partial charge on any atom is -0.352 e. The third-order valence-corrected chi connectivity index (χ3v) is 5.99. The number of hydrogen-bond acceptors (Lipinski definition) is 3. The maximum absolute atomic E-state index is 5.81. The zero-order valence-electron chi connectivity index (χ0n) is 17.0. The first kappa shape index (κ1) is 19.5. The van der Waals surface area contributed by atoms with Crippen LogP contribution < -0.4 is 5.32 Å². The first-order valence-corrected chi connectivity index (χ1v) is 10.8. The quantitative estimate of drug-likeness (QED) is 0.461. The molecule has 0 bridgehead atoms. The van der Waals surface area contributed by atoms with Gasteiger partial charge in [-0.05, 0) is 53.7 Å². The van der Waals surface area contributed by atoms with Crippen molar-refractivity contribution >= 4 is 17.3 Å². The van der Waals surface area contributed by atoms with Crippen LogP contribution in [-0.2, 0) is 13.1 Å². The smallest absolute Gasteiger partial charge is 0.170 e. The summed E-state index contributed by atoms with van der Waals surface area (Å²) in [6.07, 6.45) is 7.68. The highest BCUT2D eigenvalue weighted by Crippen LogP contribution is 2.39. The average molecular weight is 426 g/mol. The number of benzene rings is 1. The molecule has 0 amide bonds. The van der Waals surface area contributed by atoms with Gasteiger partial charge in [-0.25, -0.2) is 0 Å². The molecule has 1 N–H and O–H groups in total. The molecular formula is C25H23N5S. The van der Waals surface area contributed by atoms with Gasteiger partial charge in [0.15, 0.2) is 5.11 Å². The second-order valence-corrected chi connectivity index (χ2v) is 8.05. The largest absolute Gasteiger partial charge is 0.352 e. The van der Waals surface area contributed by atoms with E-state index < -0.39 is 0 Å². The van der Waals surface area contributed by atoms with Crippen LogP contribution >= 0.6 is 12.2 Å². The van der Waals surface area contributed by atoms with E-state index in [1.807, 2.05) is 36.7 Å². The Balaban J connectivity index is 1.54. The highest BCUT2D eigenvalue weighted by Gasteiger charge is 2.41. The van der Waals surface area contributed by atoms with E-state index in [4.69, 9.17) is 12.2 Å². The molecule has 0 unspecified atom stereocenters. The maximum Gasteiger partial charge on any atom is 0.170 e. The summed E-state index contributed by atoms with van der Waals surface area (Å²) in [7, 11) is 0. The number of aromatic nitrogens is 3. The Morgan fingerprint density at radius 2 is 1.68 bits per heavy atom. The van der Waals surface area contributed by atoms with Gasteiger partial charge >= 0.3 is 0 Å². The van der Waals surface area contributed by atoms with Crippen LogP contribution in [0.3, 0.4) is 0 Å². The topological polar surface area (TPSA) is 46.0 Å². The normalized spacial score (nSPS) is 18.2. The average Bonchev–Trinajstić information content (AvgIpc) is 3.40. The lowest BCUT2D eigenvalue weighted by Crippen LogP contribution is -2.30. The summed E-state index contributed by atoms with van der Waals surface area (Å²) in [6.45, 7) is 1.49. The van der Waals surface area contributed by atoms with Gasteiger partial charge in [-0.1, -0.05) is 42.5 Å². The number of pyridine rings is 2. The molecule has 1 aliphatic rings. The molecule has 2 atom stereocenters. The molecule has 0 radical (unpaired) electrons. The van der Waals surface area contributed by atoms with Crippen LogP contribution in [0, 0.1) is 0 Å². The molecule has 5 nitrogen and oxygen atoms in total. The zero-order chi connectivity index (χ0) is 21.0. The lowest BCUT2D eigenvalue weighted by Gasteiger charge is -2.29. The van der Waals surface area contributed by atoms with Gasteiger partial charge in [0.25, 0.3) is 0 Å². The SMILES string of the molecule is S=C1N[C@@H](c2ccccn2)[C@@H](c2cccn2Cc2cccnc2)N1Cc1ccccc1. The second kappa shape index (κ2) is 8.70. The van der Waals surface area contributed by atoms with E-state index in [9.17, 15) is 0 Å². The monoisotopic (exact) mass is 425 g/mol. The predicted octanol–water partition coefficient (Wildman–Crippen LogP) is 4.50. The number of rotatable bonds is 6. The Bertz CT molecular complexity index is 1140. The molecule has 3 aromatic heterocycles. The minimum atomic E-state index is -0.0278. The number of hydrogen-bond donors (Lipinski definition) is 1. The van der Waals surface area contributed by atoms with E-state index in [1.54, 1.807) is 6.20 Å². The van der Waals surface area contributed by atoms with Crippen molar-refractivity contribution in [3.05, 3.63) is 120 Å². The van der Waals surface area contributed by atoms with Crippen LogP contribution in [0.1, 0.15) is 34.6 Å². The van der Waals surface area contributed by atoms with Crippen molar-refractivity contribution < 1.29 is 0 Å². The third-order valence-electron chi connectivity index (χ3n) is 5.64. The third kappa shape index (κ3) is 4.07. The van der Waals surface area contributed by atoms with Gasteiger partial charge in [0.2, 0.25) is 0 Å². The van der Waals surface area contributed by atoms with E-state index in [2.05, 4.69) is 79.5 Å². The van der Waals surface area contributed by atoms with Gasteiger partial charge < -0.3 is 14.8 Å². The van der Waals surface area contributed by atoms with Crippen molar-refractivity contribution in [2.24, 2.45) is 0 Å². The van der Waals surface area contributed by atoms with Crippen LogP contribution in [0.2, 0.25) is 0 Å². The zero-order valence-corrected chi connectivity index (χ0v) is 17.8. The molecule has 0 spiro atoms. The van der Waals surface area contributed by atoms with E-state index >= 15 is 0 Å². The molecular weight excluding hydrogens is 402 g/mol. The molecule has 1 aromatic carbocycles. The maximum atomic E-state index is 5.81. The van der Waals surface area contributed by atoms with Gasteiger partial charge in [-0.3, -0.25) is 9.97 Å². The van der Waals surface area contributed by atoms with Crippen LogP contribution in [-0.4, -0.2) is 24.5 Å². The first-order valence-electron chi connectivity index (χ1n) is 10.4. The summed E-state index contributed by atoms with van der Waals surface area (Å²) in [5.41, 5.74) is 4.57. The highest BCUT2D eigenvalue weighted by molar-refractivity contribution is 7.80. The van der Waals surface area contributed by atoms with Crippen molar-refractivity contribution in [3.8, 4) is 0 Å². The second-order valence-electron chi connectivity index (χ2n) is 7.66. The molecule has 4 heterocycles. The van der Waals surface area contributed by atoms with Crippen LogP contribution in [0.15, 0.2) is 97.6 Å². The van der Waals surface area contributed by atoms with Crippen molar-refractivity contribution in [1.82, 2.24) is 24.8 Å². The first-order chi connectivity index (χ1) is 15.3. The fraction of sp³-hybridized carbons (Fsp3) is 0.160. The van der Waals surface area contributed by atoms with Gasteiger partial charge in [0, 0.05) is 43.6 Å². The summed E-state index contributed by atoms with van der Waals surface area (Å²) >= 11 is 5.81. The molecule has 0 saturated carbocycles. The fourth-order valence-corrected chi connectivity index (χ4v) is 4.51.